The fourth-order valence-corrected chi connectivity index (χ4v) is 2.58. The van der Waals surface area contributed by atoms with E-state index in [4.69, 9.17) is 0 Å². The van der Waals surface area contributed by atoms with Crippen molar-refractivity contribution in [3.8, 4) is 0 Å². The minimum atomic E-state index is -0.796. The Morgan fingerprint density at radius 2 is 1.84 bits per heavy atom. The Morgan fingerprint density at radius 1 is 1.26 bits per heavy atom. The number of nitrogens with one attached hydrogen (secondary N) is 2. The molecular weight excluding hydrogens is 246 g/mol. The molecule has 2 saturated heterocycles. The van der Waals surface area contributed by atoms with E-state index in [0.29, 0.717) is 32.4 Å². The van der Waals surface area contributed by atoms with E-state index in [1.807, 2.05) is 20.8 Å². The molecule has 0 aromatic heterocycles. The summed E-state index contributed by atoms with van der Waals surface area (Å²) in [5, 5.41) is 4.96. The predicted octanol–water partition coefficient (Wildman–Crippen LogP) is 0.623. The van der Waals surface area contributed by atoms with Crippen LogP contribution in [0.3, 0.4) is 0 Å². The summed E-state index contributed by atoms with van der Waals surface area (Å²) >= 11 is 0. The Hall–Kier alpha value is -1.59. The molecule has 0 saturated carbocycles. The van der Waals surface area contributed by atoms with E-state index in [1.54, 1.807) is 4.90 Å². The number of rotatable bonds is 1. The summed E-state index contributed by atoms with van der Waals surface area (Å²) in [4.78, 5) is 36.9. The van der Waals surface area contributed by atoms with Crippen molar-refractivity contribution in [2.24, 2.45) is 5.41 Å². The van der Waals surface area contributed by atoms with Gasteiger partial charge in [0.25, 0.3) is 5.91 Å². The molecule has 1 spiro atoms. The van der Waals surface area contributed by atoms with Crippen molar-refractivity contribution < 1.29 is 14.4 Å². The van der Waals surface area contributed by atoms with E-state index in [-0.39, 0.29) is 17.2 Å². The van der Waals surface area contributed by atoms with Crippen molar-refractivity contribution in [1.82, 2.24) is 15.5 Å². The predicted molar refractivity (Wildman–Crippen MR) is 69.3 cm³/mol. The van der Waals surface area contributed by atoms with Gasteiger partial charge in [-0.15, -0.1) is 0 Å². The summed E-state index contributed by atoms with van der Waals surface area (Å²) in [5.74, 6) is -0.146. The Labute approximate surface area is 112 Å². The Kier molecular flexibility index (Phi) is 3.28. The Morgan fingerprint density at radius 3 is 2.26 bits per heavy atom. The summed E-state index contributed by atoms with van der Waals surface area (Å²) in [7, 11) is 0. The Bertz CT molecular complexity index is 417. The van der Waals surface area contributed by atoms with Gasteiger partial charge < -0.3 is 10.2 Å². The molecule has 2 heterocycles. The van der Waals surface area contributed by atoms with E-state index in [0.717, 1.165) is 0 Å². The number of nitrogens with zero attached hydrogens (tertiary/aromatic N) is 1. The third-order valence-electron chi connectivity index (χ3n) is 3.67. The van der Waals surface area contributed by atoms with Crippen LogP contribution in [-0.4, -0.2) is 41.4 Å². The number of hydrogen-bond donors (Lipinski definition) is 2. The second-order valence-electron chi connectivity index (χ2n) is 6.61. The van der Waals surface area contributed by atoms with Gasteiger partial charge in [-0.05, 0) is 18.3 Å². The molecule has 2 aliphatic rings. The van der Waals surface area contributed by atoms with Gasteiger partial charge >= 0.3 is 6.03 Å². The molecule has 2 rings (SSSR count). The van der Waals surface area contributed by atoms with Crippen molar-refractivity contribution in [3.05, 3.63) is 0 Å². The van der Waals surface area contributed by atoms with E-state index in [9.17, 15) is 14.4 Å². The average molecular weight is 267 g/mol. The molecule has 0 radical (unpaired) electrons. The van der Waals surface area contributed by atoms with E-state index >= 15 is 0 Å². The minimum absolute atomic E-state index is 0.0365. The van der Waals surface area contributed by atoms with Crippen LogP contribution in [0.15, 0.2) is 0 Å². The maximum Gasteiger partial charge on any atom is 0.322 e. The summed E-state index contributed by atoms with van der Waals surface area (Å²) in [6.45, 7) is 7.12. The normalized spacial score (nSPS) is 22.4. The number of piperidine rings is 1. The second-order valence-corrected chi connectivity index (χ2v) is 6.61. The highest BCUT2D eigenvalue weighted by Gasteiger charge is 2.48. The monoisotopic (exact) mass is 267 g/mol. The Balaban J connectivity index is 1.94. The number of imide groups is 1. The highest BCUT2D eigenvalue weighted by atomic mass is 16.2. The first kappa shape index (κ1) is 13.8. The molecule has 0 aliphatic carbocycles. The number of hydrogen-bond acceptors (Lipinski definition) is 3. The number of likely N-dealkylation sites (tertiary alicyclic amines) is 1. The van der Waals surface area contributed by atoms with E-state index < -0.39 is 11.6 Å². The largest absolute Gasteiger partial charge is 0.342 e. The molecule has 0 atom stereocenters. The molecule has 6 nitrogen and oxygen atoms in total. The number of carbonyl (C=O) groups excluding carboxylic acids is 3. The lowest BCUT2D eigenvalue weighted by atomic mass is 9.86. The van der Waals surface area contributed by atoms with Crippen LogP contribution in [0.25, 0.3) is 0 Å². The van der Waals surface area contributed by atoms with Gasteiger partial charge in [-0.2, -0.15) is 0 Å². The molecule has 0 unspecified atom stereocenters. The van der Waals surface area contributed by atoms with Gasteiger partial charge in [-0.1, -0.05) is 20.8 Å². The van der Waals surface area contributed by atoms with E-state index in [2.05, 4.69) is 10.6 Å². The molecule has 4 amide bonds. The molecule has 2 aliphatic heterocycles. The molecule has 0 aromatic carbocycles. The van der Waals surface area contributed by atoms with Crippen LogP contribution in [0.2, 0.25) is 0 Å². The average Bonchev–Trinajstić information content (AvgIpc) is 2.52. The standard InChI is InChI=1S/C13H21N3O3/c1-12(2,3)8-9(17)16-6-4-13(5-7-16)10(18)14-11(19)15-13/h4-8H2,1-3H3,(H2,14,15,18,19). The molecular formula is C13H21N3O3. The van der Waals surface area contributed by atoms with Gasteiger partial charge in [-0.25, -0.2) is 4.79 Å². The molecule has 2 N–H and O–H groups in total. The van der Waals surface area contributed by atoms with Crippen molar-refractivity contribution in [2.75, 3.05) is 13.1 Å². The van der Waals surface area contributed by atoms with Crippen molar-refractivity contribution in [1.29, 1.82) is 0 Å². The highest BCUT2D eigenvalue weighted by Crippen LogP contribution is 2.27. The lowest BCUT2D eigenvalue weighted by Crippen LogP contribution is -2.56. The second kappa shape index (κ2) is 4.51. The maximum atomic E-state index is 12.1. The van der Waals surface area contributed by atoms with Crippen LogP contribution in [-0.2, 0) is 9.59 Å². The van der Waals surface area contributed by atoms with Gasteiger partial charge in [0.05, 0.1) is 0 Å². The molecule has 0 aromatic rings. The first-order valence-electron chi connectivity index (χ1n) is 6.63. The quantitative estimate of drug-likeness (QED) is 0.684. The van der Waals surface area contributed by atoms with Gasteiger partial charge in [0.15, 0.2) is 0 Å². The fraction of sp³-hybridized carbons (Fsp3) is 0.769. The van der Waals surface area contributed by atoms with Crippen LogP contribution >= 0.6 is 0 Å². The maximum absolute atomic E-state index is 12.1. The smallest absolute Gasteiger partial charge is 0.322 e. The van der Waals surface area contributed by atoms with Gasteiger partial charge in [0, 0.05) is 19.5 Å². The third kappa shape index (κ3) is 2.88. The molecule has 19 heavy (non-hydrogen) atoms. The molecule has 106 valence electrons. The van der Waals surface area contributed by atoms with Gasteiger partial charge in [0.1, 0.15) is 5.54 Å². The van der Waals surface area contributed by atoms with Crippen LogP contribution < -0.4 is 10.6 Å². The zero-order valence-corrected chi connectivity index (χ0v) is 11.7. The van der Waals surface area contributed by atoms with E-state index in [1.165, 1.54) is 0 Å². The van der Waals surface area contributed by atoms with Crippen LogP contribution in [0.1, 0.15) is 40.0 Å². The third-order valence-corrected chi connectivity index (χ3v) is 3.67. The number of urea groups is 1. The summed E-state index contributed by atoms with van der Waals surface area (Å²) < 4.78 is 0. The summed E-state index contributed by atoms with van der Waals surface area (Å²) in [6, 6.07) is -0.431. The SMILES string of the molecule is CC(C)(C)CC(=O)N1CCC2(CC1)NC(=O)NC2=O. The number of carbonyl (C=O) groups is 3. The number of amides is 4. The van der Waals surface area contributed by atoms with Crippen LogP contribution in [0, 0.1) is 5.41 Å². The topological polar surface area (TPSA) is 78.5 Å². The first-order chi connectivity index (χ1) is 8.72. The van der Waals surface area contributed by atoms with Gasteiger partial charge in [0.2, 0.25) is 5.91 Å². The minimum Gasteiger partial charge on any atom is -0.342 e. The molecule has 6 heteroatoms. The van der Waals surface area contributed by atoms with Crippen LogP contribution in [0.4, 0.5) is 4.79 Å². The summed E-state index contributed by atoms with van der Waals surface area (Å²) in [6.07, 6.45) is 1.47. The lowest BCUT2D eigenvalue weighted by Gasteiger charge is -2.37. The van der Waals surface area contributed by atoms with Crippen molar-refractivity contribution in [3.63, 3.8) is 0 Å². The fourth-order valence-electron chi connectivity index (χ4n) is 2.58. The lowest BCUT2D eigenvalue weighted by molar-refractivity contribution is -0.137. The summed E-state index contributed by atoms with van der Waals surface area (Å²) in [5.41, 5.74) is -0.833. The van der Waals surface area contributed by atoms with Crippen LogP contribution in [0.5, 0.6) is 0 Å². The zero-order valence-electron chi connectivity index (χ0n) is 11.7. The first-order valence-corrected chi connectivity index (χ1v) is 6.63. The highest BCUT2D eigenvalue weighted by molar-refractivity contribution is 6.07. The van der Waals surface area contributed by atoms with Gasteiger partial charge in [-0.3, -0.25) is 14.9 Å². The molecule has 2 fully saturated rings. The van der Waals surface area contributed by atoms with Crippen molar-refractivity contribution in [2.45, 2.75) is 45.6 Å². The van der Waals surface area contributed by atoms with Crippen molar-refractivity contribution >= 4 is 17.8 Å². The molecule has 0 bridgehead atoms. The zero-order chi connectivity index (χ0) is 14.3.